The van der Waals surface area contributed by atoms with Crippen LogP contribution in [-0.4, -0.2) is 62.2 Å². The summed E-state index contributed by atoms with van der Waals surface area (Å²) in [6.45, 7) is 5.77. The van der Waals surface area contributed by atoms with E-state index in [2.05, 4.69) is 39.0 Å². The Morgan fingerprint density at radius 2 is 1.53 bits per heavy atom. The van der Waals surface area contributed by atoms with Gasteiger partial charge in [-0.05, 0) is 112 Å². The van der Waals surface area contributed by atoms with E-state index in [1.54, 1.807) is 0 Å². The Bertz CT molecular complexity index is 1760. The molecule has 4 heterocycles. The van der Waals surface area contributed by atoms with Crippen molar-refractivity contribution in [3.63, 3.8) is 0 Å². The summed E-state index contributed by atoms with van der Waals surface area (Å²) in [4.78, 5) is 37.0. The standard InChI is InChI=1S/C36H43FN6O2/c37-28-22-33-34(39-23-28)42(36(45)43(35(33)44)31-13-11-29(38)12-14-31)32-6-4-5-27(21-32)26-9-7-25(8-10-26)24-40-19-15-30(16-20-40)41-17-2-1-3-18-41/h4-10,21-23,29-31H,1-3,11-20,24,38H2. The fourth-order valence-electron chi connectivity index (χ4n) is 7.71. The number of hydrogen-bond acceptors (Lipinski definition) is 6. The molecule has 45 heavy (non-hydrogen) atoms. The molecule has 2 saturated heterocycles. The Kier molecular flexibility index (Phi) is 8.66. The van der Waals surface area contributed by atoms with Gasteiger partial charge in [-0.2, -0.15) is 0 Å². The van der Waals surface area contributed by atoms with Crippen LogP contribution in [0.2, 0.25) is 0 Å². The molecule has 0 spiro atoms. The van der Waals surface area contributed by atoms with Gasteiger partial charge in [0.1, 0.15) is 5.82 Å². The average Bonchev–Trinajstić information content (AvgIpc) is 3.07. The quantitative estimate of drug-likeness (QED) is 0.321. The zero-order valence-corrected chi connectivity index (χ0v) is 25.9. The summed E-state index contributed by atoms with van der Waals surface area (Å²) >= 11 is 0. The maximum absolute atomic E-state index is 14.3. The summed E-state index contributed by atoms with van der Waals surface area (Å²) in [5.41, 5.74) is 9.18. The Hall–Kier alpha value is -3.66. The molecule has 2 aromatic carbocycles. The van der Waals surface area contributed by atoms with E-state index in [1.807, 2.05) is 24.3 Å². The predicted molar refractivity (Wildman–Crippen MR) is 176 cm³/mol. The monoisotopic (exact) mass is 610 g/mol. The second-order valence-electron chi connectivity index (χ2n) is 13.2. The fraction of sp³-hybridized carbons (Fsp3) is 0.472. The third kappa shape index (κ3) is 6.26. The Morgan fingerprint density at radius 3 is 2.27 bits per heavy atom. The largest absolute Gasteiger partial charge is 0.337 e. The molecule has 3 fully saturated rings. The highest BCUT2D eigenvalue weighted by Gasteiger charge is 2.27. The van der Waals surface area contributed by atoms with E-state index >= 15 is 0 Å². The van der Waals surface area contributed by atoms with Crippen LogP contribution in [0.25, 0.3) is 27.8 Å². The molecule has 0 bridgehead atoms. The van der Waals surface area contributed by atoms with Crippen LogP contribution in [0.4, 0.5) is 4.39 Å². The lowest BCUT2D eigenvalue weighted by molar-refractivity contribution is 0.0896. The van der Waals surface area contributed by atoms with Crippen LogP contribution < -0.4 is 17.0 Å². The Morgan fingerprint density at radius 1 is 0.800 bits per heavy atom. The first-order valence-electron chi connectivity index (χ1n) is 16.7. The van der Waals surface area contributed by atoms with Crippen LogP contribution in [0.1, 0.15) is 69.4 Å². The first-order valence-corrected chi connectivity index (χ1v) is 16.7. The first kappa shape index (κ1) is 30.0. The van der Waals surface area contributed by atoms with Gasteiger partial charge in [0.05, 0.1) is 17.3 Å². The van der Waals surface area contributed by atoms with Gasteiger partial charge in [0, 0.05) is 24.7 Å². The van der Waals surface area contributed by atoms with Crippen LogP contribution in [0.15, 0.2) is 70.4 Å². The van der Waals surface area contributed by atoms with Crippen LogP contribution in [0.3, 0.4) is 0 Å². The van der Waals surface area contributed by atoms with Crippen LogP contribution in [-0.2, 0) is 6.54 Å². The number of likely N-dealkylation sites (tertiary alicyclic amines) is 2. The third-order valence-corrected chi connectivity index (χ3v) is 10.3. The van der Waals surface area contributed by atoms with Crippen molar-refractivity contribution < 1.29 is 4.39 Å². The molecular weight excluding hydrogens is 567 g/mol. The number of benzene rings is 2. The molecule has 4 aromatic rings. The van der Waals surface area contributed by atoms with Crippen LogP contribution >= 0.6 is 0 Å². The SMILES string of the molecule is NC1CCC(n2c(=O)c3cc(F)cnc3n(-c3cccc(-c4ccc(CN5CCC(N6CCCCC6)CC5)cc4)c3)c2=O)CC1. The second kappa shape index (κ2) is 13.0. The number of aromatic nitrogens is 3. The number of nitrogens with two attached hydrogens (primary N) is 1. The summed E-state index contributed by atoms with van der Waals surface area (Å²) in [6, 6.07) is 18.1. The Balaban J connectivity index is 1.13. The van der Waals surface area contributed by atoms with E-state index in [4.69, 9.17) is 5.73 Å². The molecule has 1 saturated carbocycles. The van der Waals surface area contributed by atoms with Gasteiger partial charge in [0.2, 0.25) is 0 Å². The molecule has 9 heteroatoms. The van der Waals surface area contributed by atoms with Gasteiger partial charge in [0.25, 0.3) is 5.56 Å². The molecule has 8 nitrogen and oxygen atoms in total. The highest BCUT2D eigenvalue weighted by atomic mass is 19.1. The van der Waals surface area contributed by atoms with Gasteiger partial charge in [0.15, 0.2) is 5.65 Å². The van der Waals surface area contributed by atoms with Crippen molar-refractivity contribution in [2.45, 2.75) is 82.5 Å². The van der Waals surface area contributed by atoms with Crippen molar-refractivity contribution >= 4 is 11.0 Å². The van der Waals surface area contributed by atoms with Crippen molar-refractivity contribution in [3.05, 3.63) is 93.0 Å². The lowest BCUT2D eigenvalue weighted by Crippen LogP contribution is -2.46. The Labute approximate surface area is 263 Å². The number of hydrogen-bond donors (Lipinski definition) is 1. The van der Waals surface area contributed by atoms with Crippen molar-refractivity contribution in [2.75, 3.05) is 26.2 Å². The maximum Gasteiger partial charge on any atom is 0.337 e. The minimum Gasteiger partial charge on any atom is -0.328 e. The lowest BCUT2D eigenvalue weighted by atomic mass is 9.91. The number of halogens is 1. The van der Waals surface area contributed by atoms with E-state index < -0.39 is 17.1 Å². The van der Waals surface area contributed by atoms with Crippen molar-refractivity contribution in [2.24, 2.45) is 5.73 Å². The molecule has 1 aliphatic carbocycles. The van der Waals surface area contributed by atoms with E-state index in [0.717, 1.165) is 55.8 Å². The smallest absolute Gasteiger partial charge is 0.328 e. The van der Waals surface area contributed by atoms with Crippen molar-refractivity contribution in [1.82, 2.24) is 23.9 Å². The van der Waals surface area contributed by atoms with E-state index in [0.29, 0.717) is 18.5 Å². The molecular formula is C36H43FN6O2. The minimum absolute atomic E-state index is 0.0680. The van der Waals surface area contributed by atoms with E-state index in [9.17, 15) is 14.0 Å². The predicted octanol–water partition coefficient (Wildman–Crippen LogP) is 5.25. The molecule has 3 aliphatic rings. The summed E-state index contributed by atoms with van der Waals surface area (Å²) in [5.74, 6) is -0.609. The second-order valence-corrected chi connectivity index (χ2v) is 13.2. The van der Waals surface area contributed by atoms with Gasteiger partial charge in [-0.1, -0.05) is 42.8 Å². The zero-order valence-electron chi connectivity index (χ0n) is 25.9. The molecule has 2 aliphatic heterocycles. The van der Waals surface area contributed by atoms with Crippen LogP contribution in [0, 0.1) is 5.82 Å². The van der Waals surface area contributed by atoms with Gasteiger partial charge in [-0.15, -0.1) is 0 Å². The molecule has 2 aromatic heterocycles. The molecule has 0 amide bonds. The molecule has 7 rings (SSSR count). The zero-order chi connectivity index (χ0) is 30.9. The number of pyridine rings is 1. The summed E-state index contributed by atoms with van der Waals surface area (Å²) in [6.07, 6.45) is 10.4. The van der Waals surface area contributed by atoms with Crippen molar-refractivity contribution in [1.29, 1.82) is 0 Å². The van der Waals surface area contributed by atoms with Gasteiger partial charge >= 0.3 is 5.69 Å². The van der Waals surface area contributed by atoms with Gasteiger partial charge in [-0.25, -0.2) is 18.7 Å². The van der Waals surface area contributed by atoms with Crippen molar-refractivity contribution in [3.8, 4) is 16.8 Å². The van der Waals surface area contributed by atoms with Gasteiger partial charge in [-0.3, -0.25) is 14.3 Å². The number of piperidine rings is 2. The van der Waals surface area contributed by atoms with E-state index in [-0.39, 0.29) is 23.1 Å². The summed E-state index contributed by atoms with van der Waals surface area (Å²) in [5, 5.41) is 0.0965. The molecule has 236 valence electrons. The summed E-state index contributed by atoms with van der Waals surface area (Å²) < 4.78 is 17.1. The number of fused-ring (bicyclic) bond motifs is 1. The van der Waals surface area contributed by atoms with E-state index in [1.165, 1.54) is 66.0 Å². The highest BCUT2D eigenvalue weighted by Crippen LogP contribution is 2.28. The van der Waals surface area contributed by atoms with Crippen LogP contribution in [0.5, 0.6) is 0 Å². The lowest BCUT2D eigenvalue weighted by Gasteiger charge is -2.40. The highest BCUT2D eigenvalue weighted by molar-refractivity contribution is 5.76. The average molecular weight is 611 g/mol. The van der Waals surface area contributed by atoms with Gasteiger partial charge < -0.3 is 10.6 Å². The normalized spacial score (nSPS) is 22.2. The maximum atomic E-state index is 14.3. The summed E-state index contributed by atoms with van der Waals surface area (Å²) in [7, 11) is 0. The topological polar surface area (TPSA) is 89.4 Å². The first-order chi connectivity index (χ1) is 21.9. The molecule has 2 N–H and O–H groups in total. The molecule has 0 unspecified atom stereocenters. The fourth-order valence-corrected chi connectivity index (χ4v) is 7.71. The minimum atomic E-state index is -0.609. The number of nitrogens with zero attached hydrogens (tertiary/aromatic N) is 5. The number of rotatable bonds is 6. The third-order valence-electron chi connectivity index (χ3n) is 10.3. The molecule has 0 atom stereocenters. The molecule has 0 radical (unpaired) electrons.